The van der Waals surface area contributed by atoms with Crippen molar-refractivity contribution in [1.82, 2.24) is 5.32 Å². The van der Waals surface area contributed by atoms with Gasteiger partial charge in [0, 0.05) is 30.0 Å². The predicted octanol–water partition coefficient (Wildman–Crippen LogP) is 3.34. The summed E-state index contributed by atoms with van der Waals surface area (Å²) in [5.41, 5.74) is 0. The van der Waals surface area contributed by atoms with Crippen molar-refractivity contribution < 1.29 is 9.53 Å². The normalized spacial score (nSPS) is 18.8. The number of amides is 1. The van der Waals surface area contributed by atoms with E-state index in [1.165, 1.54) is 4.88 Å². The van der Waals surface area contributed by atoms with E-state index in [0.29, 0.717) is 12.5 Å². The molecule has 0 aromatic carbocycles. The molecule has 1 aromatic rings. The van der Waals surface area contributed by atoms with Crippen LogP contribution >= 0.6 is 11.3 Å². The first kappa shape index (κ1) is 16.0. The molecular weight excluding hydrogens is 282 g/mol. The van der Waals surface area contributed by atoms with E-state index in [4.69, 9.17) is 4.74 Å². The van der Waals surface area contributed by atoms with E-state index in [1.807, 2.05) is 23.5 Å². The van der Waals surface area contributed by atoms with Gasteiger partial charge in [-0.05, 0) is 37.1 Å². The lowest BCUT2D eigenvalue weighted by Crippen LogP contribution is -2.27. The number of carbonyl (C=O) groups is 1. The number of rotatable bonds is 8. The molecule has 1 N–H and O–H groups in total. The summed E-state index contributed by atoms with van der Waals surface area (Å²) in [6.45, 7) is 2.31. The van der Waals surface area contributed by atoms with Gasteiger partial charge in [0.1, 0.15) is 0 Å². The Morgan fingerprint density at radius 3 is 3.19 bits per heavy atom. The van der Waals surface area contributed by atoms with E-state index in [1.54, 1.807) is 6.08 Å². The summed E-state index contributed by atoms with van der Waals surface area (Å²) >= 11 is 1.81. The lowest BCUT2D eigenvalue weighted by Gasteiger charge is -2.06. The highest BCUT2D eigenvalue weighted by atomic mass is 32.1. The van der Waals surface area contributed by atoms with Crippen LogP contribution in [0.15, 0.2) is 41.8 Å². The molecule has 1 aliphatic heterocycles. The van der Waals surface area contributed by atoms with Gasteiger partial charge in [-0.15, -0.1) is 11.3 Å². The maximum Gasteiger partial charge on any atom is 0.243 e. The third kappa shape index (κ3) is 6.74. The minimum absolute atomic E-state index is 0.0230. The minimum Gasteiger partial charge on any atom is -0.381 e. The zero-order chi connectivity index (χ0) is 14.8. The highest BCUT2D eigenvalue weighted by Crippen LogP contribution is 2.12. The van der Waals surface area contributed by atoms with Crippen molar-refractivity contribution in [2.24, 2.45) is 5.92 Å². The van der Waals surface area contributed by atoms with E-state index in [0.717, 1.165) is 38.9 Å². The molecule has 1 aliphatic rings. The first-order valence-electron chi connectivity index (χ1n) is 7.56. The van der Waals surface area contributed by atoms with Gasteiger partial charge in [-0.1, -0.05) is 24.3 Å². The predicted molar refractivity (Wildman–Crippen MR) is 87.5 cm³/mol. The Labute approximate surface area is 130 Å². The number of aryl methyl sites for hydroxylation is 1. The van der Waals surface area contributed by atoms with Crippen molar-refractivity contribution in [3.05, 3.63) is 46.7 Å². The second kappa shape index (κ2) is 9.53. The number of unbranched alkanes of at least 4 members (excludes halogenated alkanes) is 1. The van der Waals surface area contributed by atoms with Gasteiger partial charge in [-0.2, -0.15) is 0 Å². The quantitative estimate of drug-likeness (QED) is 0.454. The lowest BCUT2D eigenvalue weighted by atomic mass is 10.1. The second-order valence-electron chi connectivity index (χ2n) is 5.23. The number of nitrogens with one attached hydrogen (secondary N) is 1. The highest BCUT2D eigenvalue weighted by molar-refractivity contribution is 7.09. The maximum atomic E-state index is 11.6. The molecule has 21 heavy (non-hydrogen) atoms. The van der Waals surface area contributed by atoms with Gasteiger partial charge in [-0.25, -0.2) is 0 Å². The fourth-order valence-corrected chi connectivity index (χ4v) is 2.97. The molecule has 1 unspecified atom stereocenters. The number of thiophene rings is 1. The van der Waals surface area contributed by atoms with Crippen molar-refractivity contribution in [2.45, 2.75) is 25.7 Å². The molecule has 1 saturated heterocycles. The van der Waals surface area contributed by atoms with Gasteiger partial charge >= 0.3 is 0 Å². The molecule has 1 fully saturated rings. The molecule has 2 heterocycles. The van der Waals surface area contributed by atoms with E-state index >= 15 is 0 Å². The van der Waals surface area contributed by atoms with Crippen molar-refractivity contribution in [2.75, 3.05) is 19.8 Å². The standard InChI is InChI=1S/C17H23NO2S/c19-17(18-13-15-10-11-20-14-15)9-5-3-1-2-4-7-16-8-6-12-21-16/h1,3,5-6,8-9,12,15H,2,4,7,10-11,13-14H2,(H,18,19)/b3-1+,9-5+. The second-order valence-corrected chi connectivity index (χ2v) is 6.27. The van der Waals surface area contributed by atoms with Crippen molar-refractivity contribution >= 4 is 17.2 Å². The Balaban J connectivity index is 1.51. The number of hydrogen-bond donors (Lipinski definition) is 1. The van der Waals surface area contributed by atoms with Crippen molar-refractivity contribution in [1.29, 1.82) is 0 Å². The fourth-order valence-electron chi connectivity index (χ4n) is 2.21. The Morgan fingerprint density at radius 1 is 1.48 bits per heavy atom. The smallest absolute Gasteiger partial charge is 0.243 e. The van der Waals surface area contributed by atoms with E-state index in [9.17, 15) is 4.79 Å². The number of hydrogen-bond acceptors (Lipinski definition) is 3. The summed E-state index contributed by atoms with van der Waals surface area (Å²) in [5, 5.41) is 5.02. The first-order chi connectivity index (χ1) is 10.3. The van der Waals surface area contributed by atoms with Crippen molar-refractivity contribution in [3.8, 4) is 0 Å². The highest BCUT2D eigenvalue weighted by Gasteiger charge is 2.15. The molecule has 1 aromatic heterocycles. The van der Waals surface area contributed by atoms with Crippen LogP contribution in [0, 0.1) is 5.92 Å². The van der Waals surface area contributed by atoms with Crippen LogP contribution in [0.4, 0.5) is 0 Å². The zero-order valence-corrected chi connectivity index (χ0v) is 13.1. The van der Waals surface area contributed by atoms with Gasteiger partial charge < -0.3 is 10.1 Å². The third-order valence-electron chi connectivity index (χ3n) is 3.46. The number of ether oxygens (including phenoxy) is 1. The Bertz CT molecular complexity index is 459. The molecule has 0 saturated carbocycles. The van der Waals surface area contributed by atoms with Crippen LogP contribution in [-0.2, 0) is 16.0 Å². The van der Waals surface area contributed by atoms with Crippen LogP contribution in [0.3, 0.4) is 0 Å². The molecular formula is C17H23NO2S. The minimum atomic E-state index is -0.0230. The summed E-state index contributed by atoms with van der Waals surface area (Å²) < 4.78 is 5.27. The molecule has 1 atom stereocenters. The molecule has 0 radical (unpaired) electrons. The van der Waals surface area contributed by atoms with Crippen LogP contribution in [0.25, 0.3) is 0 Å². The Hall–Kier alpha value is -1.39. The van der Waals surface area contributed by atoms with Crippen LogP contribution in [0.1, 0.15) is 24.1 Å². The molecule has 2 rings (SSSR count). The lowest BCUT2D eigenvalue weighted by molar-refractivity contribution is -0.116. The molecule has 3 nitrogen and oxygen atoms in total. The maximum absolute atomic E-state index is 11.6. The number of carbonyl (C=O) groups excluding carboxylic acids is 1. The Morgan fingerprint density at radius 2 is 2.43 bits per heavy atom. The summed E-state index contributed by atoms with van der Waals surface area (Å²) in [4.78, 5) is 13.0. The third-order valence-corrected chi connectivity index (χ3v) is 4.39. The van der Waals surface area contributed by atoms with Gasteiger partial charge in [0.15, 0.2) is 0 Å². The van der Waals surface area contributed by atoms with Crippen LogP contribution < -0.4 is 5.32 Å². The monoisotopic (exact) mass is 305 g/mol. The van der Waals surface area contributed by atoms with Crippen molar-refractivity contribution in [3.63, 3.8) is 0 Å². The van der Waals surface area contributed by atoms with E-state index < -0.39 is 0 Å². The summed E-state index contributed by atoms with van der Waals surface area (Å²) in [7, 11) is 0. The molecule has 0 aliphatic carbocycles. The van der Waals surface area contributed by atoms with Gasteiger partial charge in [0.2, 0.25) is 5.91 Å². The molecule has 114 valence electrons. The summed E-state index contributed by atoms with van der Waals surface area (Å²) in [6, 6.07) is 4.27. The van der Waals surface area contributed by atoms with Gasteiger partial charge in [-0.3, -0.25) is 4.79 Å². The molecule has 1 amide bonds. The molecule has 4 heteroatoms. The average Bonchev–Trinajstić information content (AvgIpc) is 3.17. The summed E-state index contributed by atoms with van der Waals surface area (Å²) in [5.74, 6) is 0.459. The number of allylic oxidation sites excluding steroid dienone is 3. The zero-order valence-electron chi connectivity index (χ0n) is 12.3. The van der Waals surface area contributed by atoms with E-state index in [-0.39, 0.29) is 5.91 Å². The fraction of sp³-hybridized carbons (Fsp3) is 0.471. The average molecular weight is 305 g/mol. The van der Waals surface area contributed by atoms with Gasteiger partial charge in [0.25, 0.3) is 0 Å². The van der Waals surface area contributed by atoms with Crippen LogP contribution in [0.5, 0.6) is 0 Å². The largest absolute Gasteiger partial charge is 0.381 e. The van der Waals surface area contributed by atoms with Crippen LogP contribution in [-0.4, -0.2) is 25.7 Å². The SMILES string of the molecule is O=C(/C=C/C=C/CCCc1cccs1)NCC1CCOC1. The molecule has 0 bridgehead atoms. The topological polar surface area (TPSA) is 38.3 Å². The Kier molecular flexibility index (Phi) is 7.25. The first-order valence-corrected chi connectivity index (χ1v) is 8.44. The van der Waals surface area contributed by atoms with Crippen LogP contribution in [0.2, 0.25) is 0 Å². The summed E-state index contributed by atoms with van der Waals surface area (Å²) in [6.07, 6.45) is 11.8. The molecule has 0 spiro atoms. The van der Waals surface area contributed by atoms with Gasteiger partial charge in [0.05, 0.1) is 6.61 Å². The van der Waals surface area contributed by atoms with E-state index in [2.05, 4.69) is 28.9 Å².